The van der Waals surface area contributed by atoms with Crippen molar-refractivity contribution in [1.82, 2.24) is 9.97 Å². The lowest BCUT2D eigenvalue weighted by atomic mass is 10.1. The molecule has 1 aromatic heterocycles. The zero-order chi connectivity index (χ0) is 14.4. The number of anilines is 1. The highest BCUT2D eigenvalue weighted by Gasteiger charge is 2.61. The maximum atomic E-state index is 13.2. The van der Waals surface area contributed by atoms with Gasteiger partial charge in [-0.15, -0.1) is 0 Å². The van der Waals surface area contributed by atoms with E-state index in [2.05, 4.69) is 9.97 Å². The molecular formula is C11H8F5N3. The molecule has 0 saturated heterocycles. The summed E-state index contributed by atoms with van der Waals surface area (Å²) in [5.74, 6) is -7.19. The van der Waals surface area contributed by atoms with Crippen LogP contribution in [-0.2, 0) is 5.92 Å². The summed E-state index contributed by atoms with van der Waals surface area (Å²) in [6.07, 6.45) is -5.77. The van der Waals surface area contributed by atoms with Gasteiger partial charge in [0, 0.05) is 5.39 Å². The van der Waals surface area contributed by atoms with Crippen LogP contribution < -0.4 is 5.73 Å². The van der Waals surface area contributed by atoms with Crippen molar-refractivity contribution >= 4 is 16.7 Å². The summed E-state index contributed by atoms with van der Waals surface area (Å²) in [5, 5.41) is 0.238. The zero-order valence-electron chi connectivity index (χ0n) is 9.59. The lowest BCUT2D eigenvalue weighted by Crippen LogP contribution is -2.35. The number of alkyl halides is 5. The molecule has 1 aromatic carbocycles. The molecule has 3 nitrogen and oxygen atoms in total. The first-order valence-corrected chi connectivity index (χ1v) is 5.12. The van der Waals surface area contributed by atoms with Crippen LogP contribution >= 0.6 is 0 Å². The van der Waals surface area contributed by atoms with Crippen molar-refractivity contribution in [2.24, 2.45) is 0 Å². The number of hydrogen-bond donors (Lipinski definition) is 1. The van der Waals surface area contributed by atoms with Gasteiger partial charge in [0.1, 0.15) is 5.82 Å². The molecular weight excluding hydrogens is 269 g/mol. The highest BCUT2D eigenvalue weighted by Crippen LogP contribution is 2.43. The number of hydrogen-bond acceptors (Lipinski definition) is 3. The Kier molecular flexibility index (Phi) is 2.83. The second kappa shape index (κ2) is 4.01. The third-order valence-electron chi connectivity index (χ3n) is 2.59. The van der Waals surface area contributed by atoms with Crippen LogP contribution in [0.1, 0.15) is 11.4 Å². The van der Waals surface area contributed by atoms with Gasteiger partial charge in [0.15, 0.2) is 0 Å². The monoisotopic (exact) mass is 277 g/mol. The average molecular weight is 277 g/mol. The SMILES string of the molecule is Cc1cccc2c(N)nc(C(F)(F)C(F)(F)F)nc12. The van der Waals surface area contributed by atoms with Crippen LogP contribution in [0.15, 0.2) is 18.2 Å². The molecule has 0 saturated carbocycles. The van der Waals surface area contributed by atoms with Gasteiger partial charge in [0.05, 0.1) is 5.52 Å². The third-order valence-corrected chi connectivity index (χ3v) is 2.59. The highest BCUT2D eigenvalue weighted by atomic mass is 19.4. The Labute approximate surface area is 104 Å². The van der Waals surface area contributed by atoms with Crippen molar-refractivity contribution in [3.63, 3.8) is 0 Å². The van der Waals surface area contributed by atoms with Gasteiger partial charge in [-0.1, -0.05) is 12.1 Å². The summed E-state index contributed by atoms with van der Waals surface area (Å²) in [4.78, 5) is 6.39. The summed E-state index contributed by atoms with van der Waals surface area (Å²) in [6.45, 7) is 1.53. The fourth-order valence-corrected chi connectivity index (χ4v) is 1.59. The van der Waals surface area contributed by atoms with E-state index < -0.39 is 23.7 Å². The van der Waals surface area contributed by atoms with E-state index in [0.29, 0.717) is 5.56 Å². The first kappa shape index (κ1) is 13.4. The number of para-hydroxylation sites is 1. The molecule has 2 aromatic rings. The van der Waals surface area contributed by atoms with Crippen LogP contribution in [0.3, 0.4) is 0 Å². The maximum Gasteiger partial charge on any atom is 0.461 e. The predicted molar refractivity (Wildman–Crippen MR) is 58.6 cm³/mol. The van der Waals surface area contributed by atoms with Gasteiger partial charge in [0.25, 0.3) is 0 Å². The van der Waals surface area contributed by atoms with E-state index in [1.165, 1.54) is 19.1 Å². The number of benzene rings is 1. The summed E-state index contributed by atoms with van der Waals surface area (Å²) in [6, 6.07) is 4.57. The van der Waals surface area contributed by atoms with Crippen molar-refractivity contribution in [1.29, 1.82) is 0 Å². The third kappa shape index (κ3) is 2.06. The quantitative estimate of drug-likeness (QED) is 0.814. The van der Waals surface area contributed by atoms with Crippen molar-refractivity contribution in [3.8, 4) is 0 Å². The Morgan fingerprint density at radius 1 is 1.05 bits per heavy atom. The summed E-state index contributed by atoms with van der Waals surface area (Å²) >= 11 is 0. The van der Waals surface area contributed by atoms with E-state index in [4.69, 9.17) is 5.73 Å². The lowest BCUT2D eigenvalue weighted by Gasteiger charge is -2.19. The number of aromatic nitrogens is 2. The number of nitrogens with two attached hydrogens (primary N) is 1. The summed E-state index contributed by atoms with van der Waals surface area (Å²) in [7, 11) is 0. The maximum absolute atomic E-state index is 13.2. The Morgan fingerprint density at radius 2 is 1.68 bits per heavy atom. The Balaban J connectivity index is 2.74. The minimum absolute atomic E-state index is 0.0195. The first-order chi connectivity index (χ1) is 8.64. The molecule has 0 aliphatic rings. The van der Waals surface area contributed by atoms with Crippen LogP contribution in [0.2, 0.25) is 0 Å². The normalized spacial score (nSPS) is 12.9. The van der Waals surface area contributed by atoms with Gasteiger partial charge in [0.2, 0.25) is 5.82 Å². The number of aryl methyl sites for hydroxylation is 1. The van der Waals surface area contributed by atoms with E-state index in [1.807, 2.05) is 0 Å². The highest BCUT2D eigenvalue weighted by molar-refractivity contribution is 5.90. The molecule has 2 rings (SSSR count). The Hall–Kier alpha value is -1.99. The number of halogens is 5. The minimum atomic E-state index is -5.77. The molecule has 0 radical (unpaired) electrons. The molecule has 0 bridgehead atoms. The summed E-state index contributed by atoms with van der Waals surface area (Å²) < 4.78 is 63.2. The molecule has 0 unspecified atom stereocenters. The zero-order valence-corrected chi connectivity index (χ0v) is 9.59. The molecule has 19 heavy (non-hydrogen) atoms. The van der Waals surface area contributed by atoms with Gasteiger partial charge < -0.3 is 5.73 Å². The number of nitrogen functional groups attached to an aromatic ring is 1. The lowest BCUT2D eigenvalue weighted by molar-refractivity contribution is -0.292. The topological polar surface area (TPSA) is 51.8 Å². The standard InChI is InChI=1S/C11H8F5N3/c1-5-3-2-4-6-7(5)18-9(19-8(6)17)10(12,13)11(14,15)16/h2-4H,1H3,(H2,17,18,19). The molecule has 102 valence electrons. The molecule has 2 N–H and O–H groups in total. The molecule has 0 spiro atoms. The second-order valence-electron chi connectivity index (χ2n) is 3.98. The van der Waals surface area contributed by atoms with Crippen LogP contribution in [0.5, 0.6) is 0 Å². The van der Waals surface area contributed by atoms with E-state index in [0.717, 1.165) is 0 Å². The van der Waals surface area contributed by atoms with Gasteiger partial charge >= 0.3 is 12.1 Å². The molecule has 0 aliphatic heterocycles. The predicted octanol–water partition coefficient (Wildman–Crippen LogP) is 3.17. The smallest absolute Gasteiger partial charge is 0.383 e. The number of fused-ring (bicyclic) bond motifs is 1. The Morgan fingerprint density at radius 3 is 2.26 bits per heavy atom. The van der Waals surface area contributed by atoms with E-state index in [1.54, 1.807) is 6.07 Å². The Bertz CT molecular complexity index is 636. The van der Waals surface area contributed by atoms with E-state index in [9.17, 15) is 22.0 Å². The molecule has 8 heteroatoms. The van der Waals surface area contributed by atoms with E-state index in [-0.39, 0.29) is 10.9 Å². The van der Waals surface area contributed by atoms with Crippen LogP contribution in [-0.4, -0.2) is 16.1 Å². The van der Waals surface area contributed by atoms with E-state index >= 15 is 0 Å². The number of rotatable bonds is 1. The van der Waals surface area contributed by atoms with Crippen LogP contribution in [0, 0.1) is 6.92 Å². The first-order valence-electron chi connectivity index (χ1n) is 5.12. The largest absolute Gasteiger partial charge is 0.461 e. The van der Waals surface area contributed by atoms with Gasteiger partial charge in [-0.25, -0.2) is 9.97 Å². The van der Waals surface area contributed by atoms with Crippen molar-refractivity contribution in [2.75, 3.05) is 5.73 Å². The van der Waals surface area contributed by atoms with Gasteiger partial charge in [-0.3, -0.25) is 0 Å². The molecule has 0 amide bonds. The fraction of sp³-hybridized carbons (Fsp3) is 0.273. The molecule has 0 aliphatic carbocycles. The van der Waals surface area contributed by atoms with Gasteiger partial charge in [-0.05, 0) is 18.6 Å². The fourth-order valence-electron chi connectivity index (χ4n) is 1.59. The minimum Gasteiger partial charge on any atom is -0.383 e. The van der Waals surface area contributed by atoms with Crippen LogP contribution in [0.25, 0.3) is 10.9 Å². The molecule has 1 heterocycles. The van der Waals surface area contributed by atoms with Crippen LogP contribution in [0.4, 0.5) is 27.8 Å². The second-order valence-corrected chi connectivity index (χ2v) is 3.98. The summed E-state index contributed by atoms with van der Waals surface area (Å²) in [5.41, 5.74) is 5.83. The number of nitrogens with zero attached hydrogens (tertiary/aromatic N) is 2. The molecule has 0 atom stereocenters. The molecule has 0 fully saturated rings. The van der Waals surface area contributed by atoms with Crippen molar-refractivity contribution in [2.45, 2.75) is 19.0 Å². The average Bonchev–Trinajstić information content (AvgIpc) is 2.28. The van der Waals surface area contributed by atoms with Crippen molar-refractivity contribution in [3.05, 3.63) is 29.6 Å². The van der Waals surface area contributed by atoms with Crippen molar-refractivity contribution < 1.29 is 22.0 Å². The van der Waals surface area contributed by atoms with Gasteiger partial charge in [-0.2, -0.15) is 22.0 Å².